The van der Waals surface area contributed by atoms with E-state index in [0.717, 1.165) is 0 Å². The second kappa shape index (κ2) is 10.3. The van der Waals surface area contributed by atoms with Gasteiger partial charge in [0.15, 0.2) is 17.3 Å². The number of fused-ring (bicyclic) bond motifs is 2. The fourth-order valence-corrected chi connectivity index (χ4v) is 4.38. The maximum atomic E-state index is 12.1. The number of hydrogen-bond acceptors (Lipinski definition) is 7. The monoisotopic (exact) mass is 482 g/mol. The number of carboxylic acids is 1. The van der Waals surface area contributed by atoms with Crippen molar-refractivity contribution >= 4 is 48.0 Å². The molecular weight excluding hydrogens is 460 g/mol. The first-order chi connectivity index (χ1) is 15.9. The third kappa shape index (κ3) is 4.43. The highest BCUT2D eigenvalue weighted by Crippen LogP contribution is 2.43. The van der Waals surface area contributed by atoms with Gasteiger partial charge in [0.05, 0.1) is 15.4 Å². The van der Waals surface area contributed by atoms with E-state index in [-0.39, 0.29) is 16.9 Å². The molecule has 0 radical (unpaired) electrons. The van der Waals surface area contributed by atoms with Gasteiger partial charge in [-0.25, -0.2) is 4.79 Å². The summed E-state index contributed by atoms with van der Waals surface area (Å²) in [5, 5.41) is 11.0. The zero-order chi connectivity index (χ0) is 24.3. The van der Waals surface area contributed by atoms with E-state index < -0.39 is 5.97 Å². The van der Waals surface area contributed by atoms with Gasteiger partial charge in [-0.3, -0.25) is 4.79 Å². The number of carbonyl (C=O) groups excluding carboxylic acids is 1. The van der Waals surface area contributed by atoms with Crippen molar-refractivity contribution in [2.75, 3.05) is 0 Å². The fourth-order valence-electron chi connectivity index (χ4n) is 3.59. The molecule has 0 spiro atoms. The topological polar surface area (TPSA) is 104 Å². The first-order valence-corrected chi connectivity index (χ1v) is 11.6. The number of para-hydroxylation sites is 1. The lowest BCUT2D eigenvalue weighted by molar-refractivity contribution is 0.0696. The Bertz CT molecular complexity index is 1360. The second-order valence-corrected chi connectivity index (χ2v) is 8.06. The molecule has 3 N–H and O–H groups in total. The van der Waals surface area contributed by atoms with Gasteiger partial charge in [0.2, 0.25) is 0 Å². The van der Waals surface area contributed by atoms with Gasteiger partial charge in [-0.2, -0.15) is 0 Å². The van der Waals surface area contributed by atoms with Gasteiger partial charge in [-0.05, 0) is 35.9 Å². The van der Waals surface area contributed by atoms with Crippen molar-refractivity contribution in [2.45, 2.75) is 30.6 Å². The van der Waals surface area contributed by atoms with Crippen molar-refractivity contribution < 1.29 is 28.5 Å². The Kier molecular flexibility index (Phi) is 7.65. The standard InChI is InChI=1S/C23H16O6S2.C2H6/c1-11-6-8-16-19(14-9-7-13(12(2)24)10-17(14)23(25)26)15-4-3-5-18(30-27)20(15)29-21(16)22(11)31-28;1-2/h3-10,27-28H,1H2,2H3,(H,25,26);1-2H3. The highest BCUT2D eigenvalue weighted by molar-refractivity contribution is 7.94. The average Bonchev–Trinajstić information content (AvgIpc) is 2.83. The van der Waals surface area contributed by atoms with Crippen LogP contribution in [0.25, 0.3) is 12.2 Å². The van der Waals surface area contributed by atoms with Crippen molar-refractivity contribution in [3.8, 4) is 11.5 Å². The molecule has 0 unspecified atom stereocenters. The lowest BCUT2D eigenvalue weighted by Crippen LogP contribution is -2.23. The van der Waals surface area contributed by atoms with Gasteiger partial charge in [-0.1, -0.05) is 50.8 Å². The maximum Gasteiger partial charge on any atom is 0.336 e. The van der Waals surface area contributed by atoms with Gasteiger partial charge < -0.3 is 18.9 Å². The van der Waals surface area contributed by atoms with E-state index >= 15 is 0 Å². The van der Waals surface area contributed by atoms with Gasteiger partial charge in [0, 0.05) is 46.0 Å². The summed E-state index contributed by atoms with van der Waals surface area (Å²) in [4.78, 5) is 24.7. The number of ether oxygens (including phenoxy) is 1. The van der Waals surface area contributed by atoms with Crippen molar-refractivity contribution in [3.05, 3.63) is 81.2 Å². The zero-order valence-electron chi connectivity index (χ0n) is 18.2. The molecule has 170 valence electrons. The molecule has 1 aliphatic rings. The van der Waals surface area contributed by atoms with Crippen molar-refractivity contribution in [3.63, 3.8) is 0 Å². The van der Waals surface area contributed by atoms with E-state index in [1.165, 1.54) is 13.0 Å². The first-order valence-electron chi connectivity index (χ1n) is 10.1. The van der Waals surface area contributed by atoms with E-state index in [2.05, 4.69) is 6.58 Å². The summed E-state index contributed by atoms with van der Waals surface area (Å²) in [6.45, 7) is 9.29. The maximum absolute atomic E-state index is 12.1. The Balaban J connectivity index is 0.00000149. The fraction of sp³-hybridized carbons (Fsp3) is 0.120. The van der Waals surface area contributed by atoms with Crippen molar-refractivity contribution in [1.29, 1.82) is 0 Å². The molecule has 33 heavy (non-hydrogen) atoms. The largest absolute Gasteiger partial charge is 0.478 e. The predicted molar refractivity (Wildman–Crippen MR) is 131 cm³/mol. The van der Waals surface area contributed by atoms with Crippen LogP contribution in [0.3, 0.4) is 0 Å². The molecule has 1 heterocycles. The molecule has 0 saturated heterocycles. The summed E-state index contributed by atoms with van der Waals surface area (Å²) < 4.78 is 25.7. The molecule has 6 nitrogen and oxygen atoms in total. The summed E-state index contributed by atoms with van der Waals surface area (Å²) in [7, 11) is 0. The number of Topliss-reactive ketones (excluding diaryl/α,β-unsaturated/α-hetero) is 1. The lowest BCUT2D eigenvalue weighted by Gasteiger charge is -2.24. The minimum atomic E-state index is -1.18. The van der Waals surface area contributed by atoms with Crippen molar-refractivity contribution in [1.82, 2.24) is 0 Å². The lowest BCUT2D eigenvalue weighted by atomic mass is 9.88. The smallest absolute Gasteiger partial charge is 0.336 e. The molecule has 1 aliphatic heterocycles. The number of ketones is 1. The summed E-state index contributed by atoms with van der Waals surface area (Å²) in [6, 6.07) is 13.1. The Morgan fingerprint density at radius 3 is 2.27 bits per heavy atom. The van der Waals surface area contributed by atoms with Crippen LogP contribution in [0.15, 0.2) is 58.3 Å². The number of carboxylic acid groups (broad SMARTS) is 1. The van der Waals surface area contributed by atoms with Crippen LogP contribution in [-0.4, -0.2) is 26.0 Å². The van der Waals surface area contributed by atoms with Gasteiger partial charge in [0.1, 0.15) is 0 Å². The minimum absolute atomic E-state index is 0.0412. The van der Waals surface area contributed by atoms with E-state index in [9.17, 15) is 23.8 Å². The van der Waals surface area contributed by atoms with Crippen LogP contribution in [0.2, 0.25) is 0 Å². The van der Waals surface area contributed by atoms with Gasteiger partial charge in [-0.15, -0.1) is 0 Å². The molecule has 0 fully saturated rings. The summed E-state index contributed by atoms with van der Waals surface area (Å²) in [5.41, 5.74) is 1.76. The molecular formula is C25H22O6S2. The molecule has 0 bridgehead atoms. The zero-order valence-corrected chi connectivity index (χ0v) is 19.8. The highest BCUT2D eigenvalue weighted by Gasteiger charge is 2.27. The SMILES string of the molecule is C=c1ccc2c(c1SO)Oc1c(SO)cccc1C=2c1ccc(C(C)=O)cc1C(=O)O.CC. The minimum Gasteiger partial charge on any atom is -0.478 e. The number of benzene rings is 3. The highest BCUT2D eigenvalue weighted by atomic mass is 32.2. The van der Waals surface area contributed by atoms with Gasteiger partial charge in [0.25, 0.3) is 0 Å². The molecule has 0 saturated carbocycles. The normalized spacial score (nSPS) is 11.5. The molecule has 0 amide bonds. The molecule has 3 aromatic rings. The quantitative estimate of drug-likeness (QED) is 0.253. The predicted octanol–water partition coefficient (Wildman–Crippen LogP) is 5.51. The molecule has 8 heteroatoms. The molecule has 4 rings (SSSR count). The molecule has 0 atom stereocenters. The second-order valence-electron chi connectivity index (χ2n) is 6.84. The van der Waals surface area contributed by atoms with Crippen LogP contribution in [0.1, 0.15) is 52.6 Å². The molecule has 0 aliphatic carbocycles. The average molecular weight is 483 g/mol. The number of hydrogen-bond donors (Lipinski definition) is 3. The Morgan fingerprint density at radius 2 is 1.67 bits per heavy atom. The van der Waals surface area contributed by atoms with E-state index in [4.69, 9.17) is 4.74 Å². The third-order valence-electron chi connectivity index (χ3n) is 5.03. The van der Waals surface area contributed by atoms with Crippen molar-refractivity contribution in [2.24, 2.45) is 0 Å². The molecule has 3 aromatic carbocycles. The Morgan fingerprint density at radius 1 is 0.939 bits per heavy atom. The number of rotatable bonds is 5. The van der Waals surface area contributed by atoms with E-state index in [0.29, 0.717) is 72.5 Å². The number of aromatic carboxylic acids is 1. The summed E-state index contributed by atoms with van der Waals surface area (Å²) >= 11 is 0.987. The molecule has 0 aromatic heterocycles. The van der Waals surface area contributed by atoms with Crippen LogP contribution >= 0.6 is 24.1 Å². The van der Waals surface area contributed by atoms with Crippen LogP contribution in [0, 0.1) is 0 Å². The van der Waals surface area contributed by atoms with E-state index in [1.807, 2.05) is 13.8 Å². The summed E-state index contributed by atoms with van der Waals surface area (Å²) in [6.07, 6.45) is 0. The number of carbonyl (C=O) groups is 2. The van der Waals surface area contributed by atoms with Crippen LogP contribution in [0.4, 0.5) is 0 Å². The van der Waals surface area contributed by atoms with Crippen LogP contribution < -0.4 is 15.2 Å². The van der Waals surface area contributed by atoms with E-state index in [1.54, 1.807) is 42.5 Å². The van der Waals surface area contributed by atoms with Crippen LogP contribution in [0.5, 0.6) is 11.5 Å². The third-order valence-corrected chi connectivity index (χ3v) is 6.18. The Hall–Kier alpha value is -3.04. The summed E-state index contributed by atoms with van der Waals surface area (Å²) in [5.74, 6) is -0.772. The van der Waals surface area contributed by atoms with Crippen LogP contribution in [-0.2, 0) is 0 Å². The first kappa shape index (κ1) is 24.6. The van der Waals surface area contributed by atoms with Gasteiger partial charge >= 0.3 is 5.97 Å². The Labute approximate surface area is 199 Å².